The van der Waals surface area contributed by atoms with Gasteiger partial charge in [0.1, 0.15) is 5.82 Å². The Morgan fingerprint density at radius 1 is 0.960 bits per heavy atom. The molecule has 1 aromatic carbocycles. The first-order valence-corrected chi connectivity index (χ1v) is 9.48. The first kappa shape index (κ1) is 17.9. The molecule has 2 heterocycles. The van der Waals surface area contributed by atoms with Crippen LogP contribution in [0.2, 0.25) is 0 Å². The van der Waals surface area contributed by atoms with Gasteiger partial charge in [-0.05, 0) is 45.9 Å². The first-order valence-electron chi connectivity index (χ1n) is 8.00. The van der Waals surface area contributed by atoms with Crippen molar-refractivity contribution in [3.05, 3.63) is 48.7 Å². The molecule has 6 nitrogen and oxygen atoms in total. The third kappa shape index (κ3) is 3.56. The van der Waals surface area contributed by atoms with Crippen LogP contribution in [0.5, 0.6) is 0 Å². The molecule has 1 aliphatic rings. The van der Waals surface area contributed by atoms with E-state index < -0.39 is 28.3 Å². The molecule has 0 atom stereocenters. The SMILES string of the molecule is CC1(C)OB(c2ccc(NS(=O)(=O)c3ccccc3)nc2)OC1(C)C. The number of hydrogen-bond acceptors (Lipinski definition) is 5. The molecule has 132 valence electrons. The third-order valence-electron chi connectivity index (χ3n) is 4.60. The van der Waals surface area contributed by atoms with Crippen LogP contribution < -0.4 is 10.2 Å². The van der Waals surface area contributed by atoms with Gasteiger partial charge in [0.2, 0.25) is 0 Å². The van der Waals surface area contributed by atoms with E-state index in [0.29, 0.717) is 0 Å². The molecule has 1 N–H and O–H groups in total. The lowest BCUT2D eigenvalue weighted by Gasteiger charge is -2.32. The molecule has 0 saturated carbocycles. The Labute approximate surface area is 148 Å². The van der Waals surface area contributed by atoms with Gasteiger partial charge in [-0.15, -0.1) is 0 Å². The zero-order valence-corrected chi connectivity index (χ0v) is 15.5. The molecule has 1 saturated heterocycles. The number of rotatable bonds is 4. The summed E-state index contributed by atoms with van der Waals surface area (Å²) >= 11 is 0. The van der Waals surface area contributed by atoms with Gasteiger partial charge in [0, 0.05) is 11.7 Å². The zero-order valence-electron chi connectivity index (χ0n) is 14.7. The molecule has 1 fully saturated rings. The maximum atomic E-state index is 12.3. The highest BCUT2D eigenvalue weighted by Gasteiger charge is 2.51. The molecule has 2 aromatic rings. The van der Waals surface area contributed by atoms with Gasteiger partial charge in [-0.25, -0.2) is 13.4 Å². The number of benzene rings is 1. The Morgan fingerprint density at radius 3 is 2.08 bits per heavy atom. The van der Waals surface area contributed by atoms with E-state index in [1.54, 1.807) is 36.5 Å². The van der Waals surface area contributed by atoms with E-state index >= 15 is 0 Å². The highest BCUT2D eigenvalue weighted by atomic mass is 32.2. The summed E-state index contributed by atoms with van der Waals surface area (Å²) in [6, 6.07) is 11.5. The van der Waals surface area contributed by atoms with Crippen molar-refractivity contribution in [1.82, 2.24) is 4.98 Å². The lowest BCUT2D eigenvalue weighted by Crippen LogP contribution is -2.41. The van der Waals surface area contributed by atoms with Crippen molar-refractivity contribution in [2.24, 2.45) is 0 Å². The number of hydrogen-bond donors (Lipinski definition) is 1. The van der Waals surface area contributed by atoms with Crippen LogP contribution in [0, 0.1) is 0 Å². The monoisotopic (exact) mass is 360 g/mol. The minimum atomic E-state index is -3.66. The van der Waals surface area contributed by atoms with Gasteiger partial charge in [0.15, 0.2) is 0 Å². The van der Waals surface area contributed by atoms with Crippen molar-refractivity contribution in [3.8, 4) is 0 Å². The fourth-order valence-electron chi connectivity index (χ4n) is 2.38. The molecular formula is C17H21BN2O4S. The molecule has 0 unspecified atom stereocenters. The van der Waals surface area contributed by atoms with Crippen LogP contribution in [0.15, 0.2) is 53.6 Å². The minimum absolute atomic E-state index is 0.187. The third-order valence-corrected chi connectivity index (χ3v) is 5.97. The molecule has 0 aliphatic carbocycles. The van der Waals surface area contributed by atoms with Gasteiger partial charge < -0.3 is 9.31 Å². The van der Waals surface area contributed by atoms with Crippen LogP contribution in [0.1, 0.15) is 27.7 Å². The summed E-state index contributed by atoms with van der Waals surface area (Å²) in [5.74, 6) is 0.240. The largest absolute Gasteiger partial charge is 0.496 e. The highest BCUT2D eigenvalue weighted by Crippen LogP contribution is 2.36. The predicted octanol–water partition coefficient (Wildman–Crippen LogP) is 2.18. The fourth-order valence-corrected chi connectivity index (χ4v) is 3.41. The second kappa shape index (κ2) is 6.12. The summed E-state index contributed by atoms with van der Waals surface area (Å²) in [5, 5.41) is 0. The van der Waals surface area contributed by atoms with Crippen LogP contribution in [0.3, 0.4) is 0 Å². The average molecular weight is 360 g/mol. The number of aromatic nitrogens is 1. The number of sulfonamides is 1. The quantitative estimate of drug-likeness (QED) is 0.846. The lowest BCUT2D eigenvalue weighted by atomic mass is 9.80. The second-order valence-electron chi connectivity index (χ2n) is 6.98. The number of nitrogens with one attached hydrogen (secondary N) is 1. The van der Waals surface area contributed by atoms with Crippen molar-refractivity contribution in [2.75, 3.05) is 4.72 Å². The fraction of sp³-hybridized carbons (Fsp3) is 0.353. The summed E-state index contributed by atoms with van der Waals surface area (Å²) in [6.45, 7) is 7.90. The molecule has 8 heteroatoms. The zero-order chi connectivity index (χ0) is 18.3. The van der Waals surface area contributed by atoms with E-state index in [0.717, 1.165) is 5.46 Å². The van der Waals surface area contributed by atoms with Crippen LogP contribution in [0.4, 0.5) is 5.82 Å². The van der Waals surface area contributed by atoms with Crippen LogP contribution >= 0.6 is 0 Å². The molecule has 1 aromatic heterocycles. The van der Waals surface area contributed by atoms with Gasteiger partial charge in [-0.2, -0.15) is 0 Å². The molecule has 25 heavy (non-hydrogen) atoms. The summed E-state index contributed by atoms with van der Waals surface area (Å²) in [6.07, 6.45) is 1.56. The number of anilines is 1. The van der Waals surface area contributed by atoms with Crippen molar-refractivity contribution in [2.45, 2.75) is 43.8 Å². The Hall–Kier alpha value is -1.90. The summed E-state index contributed by atoms with van der Waals surface area (Å²) < 4.78 is 39.0. The van der Waals surface area contributed by atoms with Crippen molar-refractivity contribution in [3.63, 3.8) is 0 Å². The Morgan fingerprint density at radius 2 is 1.56 bits per heavy atom. The molecule has 1 aliphatic heterocycles. The van der Waals surface area contributed by atoms with E-state index in [1.165, 1.54) is 12.1 Å². The molecule has 0 bridgehead atoms. The van der Waals surface area contributed by atoms with E-state index in [2.05, 4.69) is 9.71 Å². The van der Waals surface area contributed by atoms with E-state index in [-0.39, 0.29) is 10.7 Å². The van der Waals surface area contributed by atoms with Crippen molar-refractivity contribution in [1.29, 1.82) is 0 Å². The van der Waals surface area contributed by atoms with Gasteiger partial charge in [0.25, 0.3) is 10.0 Å². The maximum Gasteiger partial charge on any atom is 0.496 e. The van der Waals surface area contributed by atoms with Crippen LogP contribution in [0.25, 0.3) is 0 Å². The molecular weight excluding hydrogens is 339 g/mol. The Kier molecular flexibility index (Phi) is 4.39. The smallest absolute Gasteiger partial charge is 0.399 e. The molecule has 0 spiro atoms. The molecule has 0 radical (unpaired) electrons. The lowest BCUT2D eigenvalue weighted by molar-refractivity contribution is 0.00578. The topological polar surface area (TPSA) is 77.5 Å². The van der Waals surface area contributed by atoms with Crippen LogP contribution in [-0.4, -0.2) is 31.7 Å². The summed E-state index contributed by atoms with van der Waals surface area (Å²) in [4.78, 5) is 4.37. The Balaban J connectivity index is 1.76. The predicted molar refractivity (Wildman–Crippen MR) is 97.2 cm³/mol. The number of nitrogens with zero attached hydrogens (tertiary/aromatic N) is 1. The standard InChI is InChI=1S/C17H21BN2O4S/c1-16(2)17(3,4)24-18(23-16)13-10-11-15(19-12-13)20-25(21,22)14-8-6-5-7-9-14/h5-12H,1-4H3,(H,19,20). The Bertz CT molecular complexity index is 836. The van der Waals surface area contributed by atoms with Gasteiger partial charge >= 0.3 is 7.12 Å². The number of pyridine rings is 1. The van der Waals surface area contributed by atoms with E-state index in [4.69, 9.17) is 9.31 Å². The van der Waals surface area contributed by atoms with Crippen molar-refractivity contribution >= 4 is 28.4 Å². The van der Waals surface area contributed by atoms with Gasteiger partial charge in [0.05, 0.1) is 16.1 Å². The van der Waals surface area contributed by atoms with Crippen molar-refractivity contribution < 1.29 is 17.7 Å². The second-order valence-corrected chi connectivity index (χ2v) is 8.67. The molecule has 3 rings (SSSR count). The van der Waals surface area contributed by atoms with Crippen LogP contribution in [-0.2, 0) is 19.3 Å². The highest BCUT2D eigenvalue weighted by molar-refractivity contribution is 7.92. The summed E-state index contributed by atoms with van der Waals surface area (Å²) in [5.41, 5.74) is -0.141. The first-order chi connectivity index (χ1) is 11.6. The average Bonchev–Trinajstić information content (AvgIpc) is 2.77. The minimum Gasteiger partial charge on any atom is -0.399 e. The normalized spacial score (nSPS) is 19.0. The maximum absolute atomic E-state index is 12.3. The van der Waals surface area contributed by atoms with E-state index in [1.807, 2.05) is 27.7 Å². The van der Waals surface area contributed by atoms with Gasteiger partial charge in [-0.1, -0.05) is 24.3 Å². The summed E-state index contributed by atoms with van der Waals surface area (Å²) in [7, 11) is -4.19. The molecule has 0 amide bonds. The van der Waals surface area contributed by atoms with Gasteiger partial charge in [-0.3, -0.25) is 4.72 Å². The van der Waals surface area contributed by atoms with E-state index in [9.17, 15) is 8.42 Å².